The van der Waals surface area contributed by atoms with Crippen LogP contribution in [0.1, 0.15) is 31.3 Å². The standard InChI is InChI=1S/C13H21N5O2/c1-5-15-10-7-6-9(17-18-10)11(19)16-8-13(2,3)12(20)14-4/h6-7H,5,8H2,1-4H3,(H,14,20)(H,15,18)(H,16,19). The van der Waals surface area contributed by atoms with Crippen LogP contribution < -0.4 is 16.0 Å². The van der Waals surface area contributed by atoms with Crippen LogP contribution in [0.4, 0.5) is 5.82 Å². The Bertz CT molecular complexity index is 470. The van der Waals surface area contributed by atoms with Gasteiger partial charge in [-0.1, -0.05) is 0 Å². The molecule has 0 atom stereocenters. The second kappa shape index (κ2) is 6.83. The predicted molar refractivity (Wildman–Crippen MR) is 76.4 cm³/mol. The Morgan fingerprint density at radius 2 is 1.95 bits per heavy atom. The van der Waals surface area contributed by atoms with Gasteiger partial charge in [0.2, 0.25) is 5.91 Å². The third kappa shape index (κ3) is 4.18. The van der Waals surface area contributed by atoms with Crippen LogP contribution in [-0.4, -0.2) is 42.1 Å². The molecule has 0 aliphatic heterocycles. The van der Waals surface area contributed by atoms with E-state index in [1.54, 1.807) is 33.0 Å². The molecule has 0 bridgehead atoms. The number of nitrogens with one attached hydrogen (secondary N) is 3. The van der Waals surface area contributed by atoms with Crippen molar-refractivity contribution >= 4 is 17.6 Å². The first-order valence-corrected chi connectivity index (χ1v) is 6.48. The van der Waals surface area contributed by atoms with Gasteiger partial charge in [-0.05, 0) is 32.9 Å². The van der Waals surface area contributed by atoms with Crippen molar-refractivity contribution in [1.29, 1.82) is 0 Å². The number of carbonyl (C=O) groups is 2. The Morgan fingerprint density at radius 3 is 2.45 bits per heavy atom. The van der Waals surface area contributed by atoms with E-state index in [1.807, 2.05) is 6.92 Å². The van der Waals surface area contributed by atoms with Crippen LogP contribution in [0.25, 0.3) is 0 Å². The lowest BCUT2D eigenvalue weighted by molar-refractivity contribution is -0.128. The number of carbonyl (C=O) groups excluding carboxylic acids is 2. The first-order chi connectivity index (χ1) is 9.40. The minimum absolute atomic E-state index is 0.133. The summed E-state index contributed by atoms with van der Waals surface area (Å²) in [6.45, 7) is 6.42. The van der Waals surface area contributed by atoms with Crippen molar-refractivity contribution in [3.05, 3.63) is 17.8 Å². The Kier molecular flexibility index (Phi) is 5.42. The molecule has 7 nitrogen and oxygen atoms in total. The quantitative estimate of drug-likeness (QED) is 0.701. The lowest BCUT2D eigenvalue weighted by Crippen LogP contribution is -2.43. The van der Waals surface area contributed by atoms with Crippen LogP contribution in [0.2, 0.25) is 0 Å². The molecule has 7 heteroatoms. The number of amides is 2. The van der Waals surface area contributed by atoms with Crippen LogP contribution in [0.3, 0.4) is 0 Å². The summed E-state index contributed by atoms with van der Waals surface area (Å²) in [5.41, 5.74) is -0.457. The van der Waals surface area contributed by atoms with Crippen LogP contribution in [0, 0.1) is 5.41 Å². The highest BCUT2D eigenvalue weighted by atomic mass is 16.2. The molecule has 0 saturated heterocycles. The molecule has 1 aromatic rings. The fraction of sp³-hybridized carbons (Fsp3) is 0.538. The highest BCUT2D eigenvalue weighted by molar-refractivity contribution is 5.92. The van der Waals surface area contributed by atoms with Crippen molar-refractivity contribution in [2.75, 3.05) is 25.5 Å². The van der Waals surface area contributed by atoms with Gasteiger partial charge >= 0.3 is 0 Å². The normalized spacial score (nSPS) is 10.8. The Morgan fingerprint density at radius 1 is 1.25 bits per heavy atom. The molecule has 0 aliphatic rings. The van der Waals surface area contributed by atoms with Crippen molar-refractivity contribution in [1.82, 2.24) is 20.8 Å². The molecule has 0 saturated carbocycles. The first kappa shape index (κ1) is 15.9. The number of aromatic nitrogens is 2. The Hall–Kier alpha value is -2.18. The molecule has 0 radical (unpaired) electrons. The van der Waals surface area contributed by atoms with Gasteiger partial charge in [0.15, 0.2) is 5.69 Å². The molecule has 0 aromatic carbocycles. The van der Waals surface area contributed by atoms with Crippen molar-refractivity contribution in [2.24, 2.45) is 5.41 Å². The van der Waals surface area contributed by atoms with E-state index in [1.165, 1.54) is 0 Å². The van der Waals surface area contributed by atoms with Crippen LogP contribution in [0.15, 0.2) is 12.1 Å². The van der Waals surface area contributed by atoms with Gasteiger partial charge in [-0.2, -0.15) is 0 Å². The summed E-state index contributed by atoms with van der Waals surface area (Å²) >= 11 is 0. The molecule has 0 aliphatic carbocycles. The summed E-state index contributed by atoms with van der Waals surface area (Å²) in [4.78, 5) is 23.5. The van der Waals surface area contributed by atoms with E-state index in [4.69, 9.17) is 0 Å². The average Bonchev–Trinajstić information content (AvgIpc) is 2.45. The van der Waals surface area contributed by atoms with Crippen molar-refractivity contribution in [3.8, 4) is 0 Å². The first-order valence-electron chi connectivity index (χ1n) is 6.48. The van der Waals surface area contributed by atoms with Gasteiger partial charge in [0.1, 0.15) is 5.82 Å². The molecule has 0 unspecified atom stereocenters. The molecule has 20 heavy (non-hydrogen) atoms. The van der Waals surface area contributed by atoms with Gasteiger partial charge in [0.05, 0.1) is 5.41 Å². The second-order valence-corrected chi connectivity index (χ2v) is 4.98. The molecule has 3 N–H and O–H groups in total. The van der Waals surface area contributed by atoms with E-state index in [-0.39, 0.29) is 24.1 Å². The lowest BCUT2D eigenvalue weighted by Gasteiger charge is -2.22. The number of rotatable bonds is 6. The topological polar surface area (TPSA) is 96.0 Å². The van der Waals surface area contributed by atoms with Crippen LogP contribution in [-0.2, 0) is 4.79 Å². The Labute approximate surface area is 118 Å². The van der Waals surface area contributed by atoms with Gasteiger partial charge in [0, 0.05) is 20.1 Å². The molecule has 1 aromatic heterocycles. The highest BCUT2D eigenvalue weighted by Gasteiger charge is 2.27. The maximum Gasteiger partial charge on any atom is 0.271 e. The SMILES string of the molecule is CCNc1ccc(C(=O)NCC(C)(C)C(=O)NC)nn1. The highest BCUT2D eigenvalue weighted by Crippen LogP contribution is 2.13. The van der Waals surface area contributed by atoms with Crippen LogP contribution in [0.5, 0.6) is 0 Å². The monoisotopic (exact) mass is 279 g/mol. The van der Waals surface area contributed by atoms with Crippen molar-refractivity contribution in [3.63, 3.8) is 0 Å². The van der Waals surface area contributed by atoms with Gasteiger partial charge in [-0.25, -0.2) is 0 Å². The minimum atomic E-state index is -0.679. The van der Waals surface area contributed by atoms with E-state index in [2.05, 4.69) is 26.1 Å². The summed E-state index contributed by atoms with van der Waals surface area (Å²) in [5.74, 6) is 0.138. The molecule has 110 valence electrons. The zero-order chi connectivity index (χ0) is 15.2. The average molecular weight is 279 g/mol. The zero-order valence-electron chi connectivity index (χ0n) is 12.3. The molecular weight excluding hydrogens is 258 g/mol. The molecule has 2 amide bonds. The molecular formula is C13H21N5O2. The van der Waals surface area contributed by atoms with Crippen LogP contribution >= 0.6 is 0 Å². The minimum Gasteiger partial charge on any atom is -0.369 e. The number of hydrogen-bond donors (Lipinski definition) is 3. The number of nitrogens with zero attached hydrogens (tertiary/aromatic N) is 2. The van der Waals surface area contributed by atoms with Crippen molar-refractivity contribution < 1.29 is 9.59 Å². The molecule has 0 fully saturated rings. The van der Waals surface area contributed by atoms with Gasteiger partial charge < -0.3 is 16.0 Å². The predicted octanol–water partition coefficient (Wildman–Crippen LogP) is 0.410. The largest absolute Gasteiger partial charge is 0.369 e. The van der Waals surface area contributed by atoms with E-state index in [0.717, 1.165) is 6.54 Å². The number of hydrogen-bond acceptors (Lipinski definition) is 5. The molecule has 1 rings (SSSR count). The Balaban J connectivity index is 2.61. The third-order valence-corrected chi connectivity index (χ3v) is 2.79. The summed E-state index contributed by atoms with van der Waals surface area (Å²) in [6, 6.07) is 3.28. The second-order valence-electron chi connectivity index (χ2n) is 4.98. The van der Waals surface area contributed by atoms with E-state index in [9.17, 15) is 9.59 Å². The van der Waals surface area contributed by atoms with E-state index >= 15 is 0 Å². The summed E-state index contributed by atoms with van der Waals surface area (Å²) in [7, 11) is 1.57. The van der Waals surface area contributed by atoms with Gasteiger partial charge in [-0.3, -0.25) is 9.59 Å². The zero-order valence-corrected chi connectivity index (χ0v) is 12.3. The molecule has 0 spiro atoms. The fourth-order valence-electron chi connectivity index (χ4n) is 1.54. The van der Waals surface area contributed by atoms with Gasteiger partial charge in [-0.15, -0.1) is 10.2 Å². The molecule has 1 heterocycles. The van der Waals surface area contributed by atoms with E-state index < -0.39 is 5.41 Å². The summed E-state index contributed by atoms with van der Waals surface area (Å²) in [6.07, 6.45) is 0. The smallest absolute Gasteiger partial charge is 0.271 e. The lowest BCUT2D eigenvalue weighted by atomic mass is 9.92. The third-order valence-electron chi connectivity index (χ3n) is 2.79. The van der Waals surface area contributed by atoms with Crippen molar-refractivity contribution in [2.45, 2.75) is 20.8 Å². The van der Waals surface area contributed by atoms with E-state index in [0.29, 0.717) is 5.82 Å². The summed E-state index contributed by atoms with van der Waals surface area (Å²) < 4.78 is 0. The fourth-order valence-corrected chi connectivity index (χ4v) is 1.54. The van der Waals surface area contributed by atoms with Gasteiger partial charge in [0.25, 0.3) is 5.91 Å². The summed E-state index contributed by atoms with van der Waals surface area (Å²) in [5, 5.41) is 16.0. The maximum atomic E-state index is 11.9. The number of anilines is 1. The maximum absolute atomic E-state index is 11.9.